The summed E-state index contributed by atoms with van der Waals surface area (Å²) in [4.78, 5) is 8.45. The van der Waals surface area contributed by atoms with Gasteiger partial charge in [0.15, 0.2) is 5.96 Å². The molecule has 0 amide bonds. The van der Waals surface area contributed by atoms with Gasteiger partial charge in [-0.3, -0.25) is 4.99 Å². The van der Waals surface area contributed by atoms with Crippen LogP contribution in [-0.2, 0) is 11.3 Å². The average molecular weight is 485 g/mol. The minimum atomic E-state index is 0. The first-order chi connectivity index (χ1) is 12.7. The molecule has 1 heterocycles. The third-order valence-corrected chi connectivity index (χ3v) is 4.29. The molecule has 0 aliphatic heterocycles. The van der Waals surface area contributed by atoms with Crippen LogP contribution in [0.1, 0.15) is 32.8 Å². The number of hydrogen-bond acceptors (Lipinski definition) is 3. The van der Waals surface area contributed by atoms with Crippen molar-refractivity contribution < 1.29 is 4.74 Å². The molecular formula is C20H32IN5O. The second kappa shape index (κ2) is 12.7. The summed E-state index contributed by atoms with van der Waals surface area (Å²) in [5.74, 6) is 1.30. The maximum absolute atomic E-state index is 5.80. The maximum Gasteiger partial charge on any atom is 0.191 e. The van der Waals surface area contributed by atoms with E-state index in [4.69, 9.17) is 4.74 Å². The van der Waals surface area contributed by atoms with Gasteiger partial charge in [-0.05, 0) is 30.9 Å². The lowest BCUT2D eigenvalue weighted by Crippen LogP contribution is -2.39. The summed E-state index contributed by atoms with van der Waals surface area (Å²) < 4.78 is 7.81. The SMILES string of the molecule is CCOC(CCNC(=NC)NCc1ccccc1-n1ccnc1)C(C)C.I. The van der Waals surface area contributed by atoms with Crippen molar-refractivity contribution in [2.75, 3.05) is 20.2 Å². The fourth-order valence-corrected chi connectivity index (χ4v) is 2.87. The Morgan fingerprint density at radius 2 is 2.04 bits per heavy atom. The molecule has 0 spiro atoms. The molecule has 6 nitrogen and oxygen atoms in total. The zero-order valence-corrected chi connectivity index (χ0v) is 19.0. The predicted octanol–water partition coefficient (Wildman–Crippen LogP) is 3.61. The molecule has 0 saturated heterocycles. The van der Waals surface area contributed by atoms with E-state index in [9.17, 15) is 0 Å². The van der Waals surface area contributed by atoms with Gasteiger partial charge in [0.2, 0.25) is 0 Å². The predicted molar refractivity (Wildman–Crippen MR) is 122 cm³/mol. The van der Waals surface area contributed by atoms with Crippen LogP contribution in [0.15, 0.2) is 48.0 Å². The first kappa shape index (κ1) is 23.4. The number of para-hydroxylation sites is 1. The van der Waals surface area contributed by atoms with Crippen LogP contribution in [0.3, 0.4) is 0 Å². The van der Waals surface area contributed by atoms with Crippen molar-refractivity contribution >= 4 is 29.9 Å². The number of hydrogen-bond donors (Lipinski definition) is 2. The molecule has 1 atom stereocenters. The van der Waals surface area contributed by atoms with E-state index >= 15 is 0 Å². The van der Waals surface area contributed by atoms with Crippen molar-refractivity contribution in [2.45, 2.75) is 39.8 Å². The Morgan fingerprint density at radius 3 is 2.67 bits per heavy atom. The molecule has 0 saturated carbocycles. The Kier molecular flexibility index (Phi) is 11.0. The van der Waals surface area contributed by atoms with E-state index in [1.165, 1.54) is 5.56 Å². The summed E-state index contributed by atoms with van der Waals surface area (Å²) in [5.41, 5.74) is 2.30. The van der Waals surface area contributed by atoms with Gasteiger partial charge in [0.25, 0.3) is 0 Å². The van der Waals surface area contributed by atoms with Gasteiger partial charge >= 0.3 is 0 Å². The highest BCUT2D eigenvalue weighted by Crippen LogP contribution is 2.14. The first-order valence-electron chi connectivity index (χ1n) is 9.28. The van der Waals surface area contributed by atoms with E-state index in [0.29, 0.717) is 12.5 Å². The summed E-state index contributed by atoms with van der Waals surface area (Å²) in [6.07, 6.45) is 6.77. The molecule has 0 aliphatic carbocycles. The number of aromatic nitrogens is 2. The number of nitrogens with zero attached hydrogens (tertiary/aromatic N) is 3. The molecule has 150 valence electrons. The standard InChI is InChI=1S/C20H31N5O.HI/c1-5-26-19(16(2)3)10-11-23-20(21-4)24-14-17-8-6-7-9-18(17)25-13-12-22-15-25;/h6-9,12-13,15-16,19H,5,10-11,14H2,1-4H3,(H2,21,23,24);1H. The van der Waals surface area contributed by atoms with Crippen LogP contribution in [0.4, 0.5) is 0 Å². The Labute approximate surface area is 179 Å². The van der Waals surface area contributed by atoms with E-state index in [2.05, 4.69) is 46.6 Å². The van der Waals surface area contributed by atoms with Crippen molar-refractivity contribution in [1.82, 2.24) is 20.2 Å². The fourth-order valence-electron chi connectivity index (χ4n) is 2.87. The topological polar surface area (TPSA) is 63.5 Å². The van der Waals surface area contributed by atoms with Crippen LogP contribution in [0.2, 0.25) is 0 Å². The smallest absolute Gasteiger partial charge is 0.191 e. The van der Waals surface area contributed by atoms with Gasteiger partial charge in [-0.15, -0.1) is 24.0 Å². The Hall–Kier alpha value is -1.61. The lowest BCUT2D eigenvalue weighted by Gasteiger charge is -2.21. The molecule has 2 N–H and O–H groups in total. The highest BCUT2D eigenvalue weighted by atomic mass is 127. The van der Waals surface area contributed by atoms with Crippen molar-refractivity contribution in [2.24, 2.45) is 10.9 Å². The number of ether oxygens (including phenoxy) is 1. The molecule has 1 aromatic carbocycles. The van der Waals surface area contributed by atoms with Crippen LogP contribution in [0.5, 0.6) is 0 Å². The zero-order valence-electron chi connectivity index (χ0n) is 16.7. The molecule has 2 rings (SSSR count). The highest BCUT2D eigenvalue weighted by Gasteiger charge is 2.13. The van der Waals surface area contributed by atoms with E-state index in [1.807, 2.05) is 36.1 Å². The molecular weight excluding hydrogens is 453 g/mol. The average Bonchev–Trinajstić information content (AvgIpc) is 3.18. The first-order valence-corrected chi connectivity index (χ1v) is 9.28. The second-order valence-electron chi connectivity index (χ2n) is 6.48. The molecule has 27 heavy (non-hydrogen) atoms. The molecule has 7 heteroatoms. The lowest BCUT2D eigenvalue weighted by atomic mass is 10.0. The van der Waals surface area contributed by atoms with Crippen LogP contribution in [0, 0.1) is 5.92 Å². The number of guanidine groups is 1. The Morgan fingerprint density at radius 1 is 1.26 bits per heavy atom. The van der Waals surface area contributed by atoms with Crippen LogP contribution >= 0.6 is 24.0 Å². The number of imidazole rings is 1. The summed E-state index contributed by atoms with van der Waals surface area (Å²) in [7, 11) is 1.79. The number of aliphatic imine (C=N–C) groups is 1. The number of benzene rings is 1. The third-order valence-electron chi connectivity index (χ3n) is 4.29. The van der Waals surface area contributed by atoms with E-state index in [1.54, 1.807) is 13.2 Å². The Bertz CT molecular complexity index is 673. The molecule has 1 aromatic heterocycles. The third kappa shape index (κ3) is 7.50. The molecule has 0 bridgehead atoms. The van der Waals surface area contributed by atoms with Gasteiger partial charge in [0, 0.05) is 39.1 Å². The van der Waals surface area contributed by atoms with Crippen LogP contribution in [0.25, 0.3) is 5.69 Å². The molecule has 0 fully saturated rings. The normalized spacial score (nSPS) is 12.6. The minimum absolute atomic E-state index is 0. The summed E-state index contributed by atoms with van der Waals surface area (Å²) in [6.45, 7) is 8.70. The van der Waals surface area contributed by atoms with Crippen molar-refractivity contribution in [3.05, 3.63) is 48.5 Å². The summed E-state index contributed by atoms with van der Waals surface area (Å²) in [5, 5.41) is 6.76. The fraction of sp³-hybridized carbons (Fsp3) is 0.500. The second-order valence-corrected chi connectivity index (χ2v) is 6.48. The van der Waals surface area contributed by atoms with Gasteiger partial charge in [0.1, 0.15) is 0 Å². The van der Waals surface area contributed by atoms with Crippen LogP contribution < -0.4 is 10.6 Å². The van der Waals surface area contributed by atoms with Crippen molar-refractivity contribution in [1.29, 1.82) is 0 Å². The quantitative estimate of drug-likeness (QED) is 0.324. The minimum Gasteiger partial charge on any atom is -0.378 e. The largest absolute Gasteiger partial charge is 0.378 e. The van der Waals surface area contributed by atoms with Crippen molar-refractivity contribution in [3.63, 3.8) is 0 Å². The monoisotopic (exact) mass is 485 g/mol. The molecule has 2 aromatic rings. The summed E-state index contributed by atoms with van der Waals surface area (Å²) in [6, 6.07) is 8.28. The van der Waals surface area contributed by atoms with Gasteiger partial charge in [-0.1, -0.05) is 32.0 Å². The van der Waals surface area contributed by atoms with E-state index in [0.717, 1.165) is 31.2 Å². The maximum atomic E-state index is 5.80. The van der Waals surface area contributed by atoms with Gasteiger partial charge in [0.05, 0.1) is 18.1 Å². The lowest BCUT2D eigenvalue weighted by molar-refractivity contribution is 0.0258. The number of nitrogens with one attached hydrogen (secondary N) is 2. The number of halogens is 1. The Balaban J connectivity index is 0.00000364. The summed E-state index contributed by atoms with van der Waals surface area (Å²) >= 11 is 0. The van der Waals surface area contributed by atoms with E-state index < -0.39 is 0 Å². The molecule has 1 unspecified atom stereocenters. The van der Waals surface area contributed by atoms with Gasteiger partial charge in [-0.25, -0.2) is 4.98 Å². The molecule has 0 radical (unpaired) electrons. The highest BCUT2D eigenvalue weighted by molar-refractivity contribution is 14.0. The van der Waals surface area contributed by atoms with Crippen LogP contribution in [-0.4, -0.2) is 41.8 Å². The zero-order chi connectivity index (χ0) is 18.8. The number of rotatable bonds is 9. The van der Waals surface area contributed by atoms with E-state index in [-0.39, 0.29) is 30.1 Å². The molecule has 0 aliphatic rings. The van der Waals surface area contributed by atoms with Gasteiger partial charge < -0.3 is 19.9 Å². The van der Waals surface area contributed by atoms with Crippen molar-refractivity contribution in [3.8, 4) is 5.69 Å². The van der Waals surface area contributed by atoms with Gasteiger partial charge in [-0.2, -0.15) is 0 Å².